The van der Waals surface area contributed by atoms with E-state index in [4.69, 9.17) is 10.3 Å². The van der Waals surface area contributed by atoms with Crippen molar-refractivity contribution in [1.29, 1.82) is 0 Å². The number of rotatable bonds is 2. The van der Waals surface area contributed by atoms with Crippen LogP contribution in [0.5, 0.6) is 0 Å². The SMILES string of the molecule is Cc1oncc1CC(N)=O. The summed E-state index contributed by atoms with van der Waals surface area (Å²) in [5, 5.41) is 3.49. The summed E-state index contributed by atoms with van der Waals surface area (Å²) in [5.74, 6) is 0.283. The number of aromatic nitrogens is 1. The molecule has 4 nitrogen and oxygen atoms in total. The van der Waals surface area contributed by atoms with Gasteiger partial charge in [0.2, 0.25) is 5.91 Å². The third kappa shape index (κ3) is 1.34. The molecule has 0 atom stereocenters. The molecule has 10 heavy (non-hydrogen) atoms. The number of aryl methyl sites for hydroxylation is 1. The van der Waals surface area contributed by atoms with Crippen LogP contribution < -0.4 is 5.73 Å². The largest absolute Gasteiger partial charge is 0.369 e. The average molecular weight is 140 g/mol. The van der Waals surface area contributed by atoms with Crippen molar-refractivity contribution >= 4 is 5.91 Å². The molecule has 0 bridgehead atoms. The smallest absolute Gasteiger partial charge is 0.222 e. The van der Waals surface area contributed by atoms with Crippen LogP contribution in [0.25, 0.3) is 0 Å². The van der Waals surface area contributed by atoms with Crippen molar-refractivity contribution < 1.29 is 9.32 Å². The Hall–Kier alpha value is -1.32. The van der Waals surface area contributed by atoms with Gasteiger partial charge < -0.3 is 10.3 Å². The zero-order valence-electron chi connectivity index (χ0n) is 5.63. The Morgan fingerprint density at radius 1 is 1.90 bits per heavy atom. The molecule has 0 aliphatic carbocycles. The predicted octanol–water partition coefficient (Wildman–Crippen LogP) is 0.0108. The number of amides is 1. The van der Waals surface area contributed by atoms with Crippen LogP contribution in [0.4, 0.5) is 0 Å². The molecule has 54 valence electrons. The Morgan fingerprint density at radius 2 is 2.60 bits per heavy atom. The number of hydrogen-bond acceptors (Lipinski definition) is 3. The molecule has 1 rings (SSSR count). The fraction of sp³-hybridized carbons (Fsp3) is 0.333. The number of primary amides is 1. The molecule has 4 heteroatoms. The Labute approximate surface area is 58.0 Å². The summed E-state index contributed by atoms with van der Waals surface area (Å²) in [6.07, 6.45) is 1.70. The van der Waals surface area contributed by atoms with Crippen LogP contribution in [-0.4, -0.2) is 11.1 Å². The fourth-order valence-corrected chi connectivity index (χ4v) is 0.676. The lowest BCUT2D eigenvalue weighted by Crippen LogP contribution is -2.13. The maximum Gasteiger partial charge on any atom is 0.222 e. The normalized spacial score (nSPS) is 9.70. The van der Waals surface area contributed by atoms with Gasteiger partial charge in [0.25, 0.3) is 0 Å². The third-order valence-corrected chi connectivity index (χ3v) is 1.22. The van der Waals surface area contributed by atoms with Crippen molar-refractivity contribution in [2.24, 2.45) is 5.73 Å². The predicted molar refractivity (Wildman–Crippen MR) is 34.1 cm³/mol. The minimum absolute atomic E-state index is 0.204. The zero-order chi connectivity index (χ0) is 7.56. The zero-order valence-corrected chi connectivity index (χ0v) is 5.63. The van der Waals surface area contributed by atoms with Gasteiger partial charge in [0.05, 0.1) is 12.6 Å². The maximum atomic E-state index is 10.4. The third-order valence-electron chi connectivity index (χ3n) is 1.22. The van der Waals surface area contributed by atoms with E-state index in [1.807, 2.05) is 0 Å². The Morgan fingerprint density at radius 3 is 3.00 bits per heavy atom. The highest BCUT2D eigenvalue weighted by molar-refractivity contribution is 5.76. The van der Waals surface area contributed by atoms with Gasteiger partial charge in [0, 0.05) is 5.56 Å². The van der Waals surface area contributed by atoms with Crippen molar-refractivity contribution in [3.63, 3.8) is 0 Å². The van der Waals surface area contributed by atoms with E-state index in [9.17, 15) is 4.79 Å². The summed E-state index contributed by atoms with van der Waals surface area (Å²) in [7, 11) is 0. The molecule has 0 spiro atoms. The van der Waals surface area contributed by atoms with Gasteiger partial charge in [0.1, 0.15) is 5.76 Å². The molecule has 1 aromatic heterocycles. The van der Waals surface area contributed by atoms with Gasteiger partial charge in [-0.15, -0.1) is 0 Å². The first-order valence-corrected chi connectivity index (χ1v) is 2.88. The van der Waals surface area contributed by atoms with Gasteiger partial charge in [-0.25, -0.2) is 0 Å². The highest BCUT2D eigenvalue weighted by Crippen LogP contribution is 2.05. The lowest BCUT2D eigenvalue weighted by atomic mass is 10.2. The van der Waals surface area contributed by atoms with Gasteiger partial charge >= 0.3 is 0 Å². The van der Waals surface area contributed by atoms with Crippen LogP contribution in [0, 0.1) is 6.92 Å². The van der Waals surface area contributed by atoms with Gasteiger partial charge in [-0.05, 0) is 6.92 Å². The standard InChI is InChI=1S/C6H8N2O2/c1-4-5(2-6(7)9)3-8-10-4/h3H,2H2,1H3,(H2,7,9). The first-order valence-electron chi connectivity index (χ1n) is 2.88. The Balaban J connectivity index is 2.74. The van der Waals surface area contributed by atoms with Crippen LogP contribution >= 0.6 is 0 Å². The molecule has 2 N–H and O–H groups in total. The van der Waals surface area contributed by atoms with Crippen LogP contribution in [0.15, 0.2) is 10.7 Å². The summed E-state index contributed by atoms with van der Waals surface area (Å²) < 4.78 is 4.71. The van der Waals surface area contributed by atoms with E-state index in [1.165, 1.54) is 6.20 Å². The van der Waals surface area contributed by atoms with Crippen molar-refractivity contribution in [2.45, 2.75) is 13.3 Å². The van der Waals surface area contributed by atoms with Crippen molar-refractivity contribution in [3.8, 4) is 0 Å². The number of nitrogens with zero attached hydrogens (tertiary/aromatic N) is 1. The summed E-state index contributed by atoms with van der Waals surface area (Å²) in [4.78, 5) is 10.4. The maximum absolute atomic E-state index is 10.4. The first-order chi connectivity index (χ1) is 4.70. The molecule has 0 saturated carbocycles. The summed E-state index contributed by atoms with van der Waals surface area (Å²) in [6, 6.07) is 0. The van der Waals surface area contributed by atoms with E-state index in [-0.39, 0.29) is 12.3 Å². The van der Waals surface area contributed by atoms with E-state index in [2.05, 4.69) is 5.16 Å². The minimum atomic E-state index is -0.369. The van der Waals surface area contributed by atoms with Crippen molar-refractivity contribution in [2.75, 3.05) is 0 Å². The molecule has 0 fully saturated rings. The molecule has 1 amide bonds. The average Bonchev–Trinajstić information content (AvgIpc) is 2.15. The number of nitrogens with two attached hydrogens (primary N) is 1. The summed E-state index contributed by atoms with van der Waals surface area (Å²) in [5.41, 5.74) is 5.70. The minimum Gasteiger partial charge on any atom is -0.369 e. The first kappa shape index (κ1) is 6.80. The fourth-order valence-electron chi connectivity index (χ4n) is 0.676. The molecule has 0 aliphatic heterocycles. The van der Waals surface area contributed by atoms with Crippen molar-refractivity contribution in [1.82, 2.24) is 5.16 Å². The highest BCUT2D eigenvalue weighted by Gasteiger charge is 2.04. The molecular weight excluding hydrogens is 132 g/mol. The molecule has 0 aliphatic rings. The van der Waals surface area contributed by atoms with Gasteiger partial charge in [-0.1, -0.05) is 5.16 Å². The van der Waals surface area contributed by atoms with E-state index < -0.39 is 0 Å². The van der Waals surface area contributed by atoms with Crippen molar-refractivity contribution in [3.05, 3.63) is 17.5 Å². The monoisotopic (exact) mass is 140 g/mol. The van der Waals surface area contributed by atoms with Crippen LogP contribution in [-0.2, 0) is 11.2 Å². The van der Waals surface area contributed by atoms with E-state index >= 15 is 0 Å². The van der Waals surface area contributed by atoms with E-state index in [1.54, 1.807) is 6.92 Å². The highest BCUT2D eigenvalue weighted by atomic mass is 16.5. The van der Waals surface area contributed by atoms with E-state index in [0.717, 1.165) is 5.56 Å². The van der Waals surface area contributed by atoms with Gasteiger partial charge in [0.15, 0.2) is 0 Å². The Bertz CT molecular complexity index is 242. The van der Waals surface area contributed by atoms with Crippen LogP contribution in [0.2, 0.25) is 0 Å². The molecule has 0 radical (unpaired) electrons. The number of carbonyl (C=O) groups excluding carboxylic acids is 1. The molecular formula is C6H8N2O2. The lowest BCUT2D eigenvalue weighted by Gasteiger charge is -1.89. The second-order valence-corrected chi connectivity index (χ2v) is 2.05. The number of carbonyl (C=O) groups is 1. The van der Waals surface area contributed by atoms with Gasteiger partial charge in [-0.2, -0.15) is 0 Å². The van der Waals surface area contributed by atoms with Gasteiger partial charge in [-0.3, -0.25) is 4.79 Å². The van der Waals surface area contributed by atoms with Crippen LogP contribution in [0.1, 0.15) is 11.3 Å². The second kappa shape index (κ2) is 2.51. The molecule has 0 aromatic carbocycles. The second-order valence-electron chi connectivity index (χ2n) is 2.05. The number of hydrogen-bond donors (Lipinski definition) is 1. The molecule has 1 aromatic rings. The van der Waals surface area contributed by atoms with E-state index in [0.29, 0.717) is 5.76 Å². The quantitative estimate of drug-likeness (QED) is 0.629. The lowest BCUT2D eigenvalue weighted by molar-refractivity contribution is -0.117. The topological polar surface area (TPSA) is 69.1 Å². The summed E-state index contributed by atoms with van der Waals surface area (Å²) >= 11 is 0. The van der Waals surface area contributed by atoms with Crippen LogP contribution in [0.3, 0.4) is 0 Å². The molecule has 1 heterocycles. The summed E-state index contributed by atoms with van der Waals surface area (Å²) in [6.45, 7) is 1.74. The molecule has 0 unspecified atom stereocenters. The Kier molecular flexibility index (Phi) is 1.71. The molecule has 0 saturated heterocycles.